The van der Waals surface area contributed by atoms with Gasteiger partial charge in [0.1, 0.15) is 6.04 Å². The number of unbranched alkanes of at least 4 members (excludes halogenated alkanes) is 1. The number of rotatable bonds is 4. The normalized spacial score (nSPS) is 17.9. The van der Waals surface area contributed by atoms with Gasteiger partial charge in [0.25, 0.3) is 0 Å². The first-order valence-electron chi connectivity index (χ1n) is 6.81. The van der Waals surface area contributed by atoms with E-state index in [2.05, 4.69) is 0 Å². The molecular formula is C15H20N2O2. The molecule has 1 aliphatic rings. The van der Waals surface area contributed by atoms with Crippen LogP contribution in [0.1, 0.15) is 43.4 Å². The highest BCUT2D eigenvalue weighted by Crippen LogP contribution is 2.30. The van der Waals surface area contributed by atoms with Crippen molar-refractivity contribution in [3.63, 3.8) is 0 Å². The number of nitrogens with zero attached hydrogens (tertiary/aromatic N) is 1. The Kier molecular flexibility index (Phi) is 4.20. The zero-order chi connectivity index (χ0) is 13.8. The lowest BCUT2D eigenvalue weighted by atomic mass is 9.92. The Morgan fingerprint density at radius 1 is 1.37 bits per heavy atom. The highest BCUT2D eigenvalue weighted by atomic mass is 16.2. The molecule has 0 aliphatic carbocycles. The number of hydrogen-bond donors (Lipinski definition) is 1. The number of fused-ring (bicyclic) bond motifs is 1. The number of carbonyl (C=O) groups is 2. The van der Waals surface area contributed by atoms with Crippen molar-refractivity contribution in [2.45, 2.75) is 38.6 Å². The minimum absolute atomic E-state index is 0.0279. The van der Waals surface area contributed by atoms with Crippen molar-refractivity contribution in [1.29, 1.82) is 0 Å². The lowest BCUT2D eigenvalue weighted by molar-refractivity contribution is -0.140. The molecule has 2 amide bonds. The Morgan fingerprint density at radius 2 is 2.11 bits per heavy atom. The molecule has 0 fully saturated rings. The maximum atomic E-state index is 12.2. The van der Waals surface area contributed by atoms with E-state index in [9.17, 15) is 9.59 Å². The van der Waals surface area contributed by atoms with Crippen LogP contribution in [0.4, 0.5) is 0 Å². The largest absolute Gasteiger partial charge is 0.368 e. The Balaban J connectivity index is 2.27. The predicted molar refractivity (Wildman–Crippen MR) is 73.3 cm³/mol. The van der Waals surface area contributed by atoms with Gasteiger partial charge in [0, 0.05) is 13.0 Å². The summed E-state index contributed by atoms with van der Waals surface area (Å²) in [6.45, 7) is 2.62. The third-order valence-corrected chi connectivity index (χ3v) is 3.62. The average Bonchev–Trinajstić information content (AvgIpc) is 2.43. The molecule has 2 N–H and O–H groups in total. The Morgan fingerprint density at radius 3 is 2.79 bits per heavy atom. The van der Waals surface area contributed by atoms with Crippen LogP contribution < -0.4 is 5.73 Å². The molecule has 0 saturated heterocycles. The van der Waals surface area contributed by atoms with E-state index in [1.54, 1.807) is 4.90 Å². The molecule has 1 aromatic carbocycles. The van der Waals surface area contributed by atoms with E-state index in [-0.39, 0.29) is 5.91 Å². The Bertz CT molecular complexity index is 485. The quantitative estimate of drug-likeness (QED) is 0.897. The predicted octanol–water partition coefficient (Wildman–Crippen LogP) is 1.79. The fourth-order valence-electron chi connectivity index (χ4n) is 2.61. The first-order chi connectivity index (χ1) is 9.15. The smallest absolute Gasteiger partial charge is 0.244 e. The number of benzene rings is 1. The van der Waals surface area contributed by atoms with E-state index in [4.69, 9.17) is 5.73 Å². The van der Waals surface area contributed by atoms with Crippen LogP contribution in [0.5, 0.6) is 0 Å². The van der Waals surface area contributed by atoms with Crippen LogP contribution >= 0.6 is 0 Å². The van der Waals surface area contributed by atoms with E-state index in [0.29, 0.717) is 13.0 Å². The maximum absolute atomic E-state index is 12.2. The fraction of sp³-hybridized carbons (Fsp3) is 0.467. The minimum atomic E-state index is -0.602. The number of amides is 2. The Hall–Kier alpha value is -1.84. The van der Waals surface area contributed by atoms with Gasteiger partial charge in [0.05, 0.1) is 0 Å². The average molecular weight is 260 g/mol. The van der Waals surface area contributed by atoms with Gasteiger partial charge in [-0.05, 0) is 24.0 Å². The Labute approximate surface area is 113 Å². The molecule has 4 nitrogen and oxygen atoms in total. The summed E-state index contributed by atoms with van der Waals surface area (Å²) in [4.78, 5) is 25.6. The third kappa shape index (κ3) is 2.78. The first-order valence-corrected chi connectivity index (χ1v) is 6.81. The summed E-state index contributed by atoms with van der Waals surface area (Å²) in [5.74, 6) is -0.419. The molecule has 19 heavy (non-hydrogen) atoms. The van der Waals surface area contributed by atoms with E-state index in [0.717, 1.165) is 30.4 Å². The van der Waals surface area contributed by atoms with Crippen molar-refractivity contribution >= 4 is 11.8 Å². The van der Waals surface area contributed by atoms with Crippen molar-refractivity contribution in [3.05, 3.63) is 35.4 Å². The maximum Gasteiger partial charge on any atom is 0.244 e. The molecule has 1 unspecified atom stereocenters. The van der Waals surface area contributed by atoms with Gasteiger partial charge in [-0.1, -0.05) is 37.6 Å². The SMILES string of the molecule is CCCCC(=O)N1CCc2ccccc2C1C(N)=O. The molecule has 1 aromatic rings. The van der Waals surface area contributed by atoms with Gasteiger partial charge in [-0.15, -0.1) is 0 Å². The second-order valence-electron chi connectivity index (χ2n) is 4.94. The lowest BCUT2D eigenvalue weighted by Gasteiger charge is -2.35. The summed E-state index contributed by atoms with van der Waals surface area (Å²) in [6.07, 6.45) is 3.10. The van der Waals surface area contributed by atoms with Crippen LogP contribution in [-0.2, 0) is 16.0 Å². The van der Waals surface area contributed by atoms with Crippen LogP contribution in [0.3, 0.4) is 0 Å². The number of primary amides is 1. The molecule has 0 aromatic heterocycles. The topological polar surface area (TPSA) is 63.4 Å². The van der Waals surface area contributed by atoms with Crippen LogP contribution in [-0.4, -0.2) is 23.3 Å². The third-order valence-electron chi connectivity index (χ3n) is 3.62. The molecule has 1 heterocycles. The molecule has 0 bridgehead atoms. The summed E-state index contributed by atoms with van der Waals surface area (Å²) >= 11 is 0. The molecular weight excluding hydrogens is 240 g/mol. The van der Waals surface area contributed by atoms with Gasteiger partial charge in [-0.25, -0.2) is 0 Å². The van der Waals surface area contributed by atoms with Gasteiger partial charge in [0.15, 0.2) is 0 Å². The highest BCUT2D eigenvalue weighted by molar-refractivity contribution is 5.88. The van der Waals surface area contributed by atoms with Gasteiger partial charge in [0.2, 0.25) is 11.8 Å². The second kappa shape index (κ2) is 5.87. The van der Waals surface area contributed by atoms with Gasteiger partial charge in [-0.3, -0.25) is 9.59 Å². The van der Waals surface area contributed by atoms with Gasteiger partial charge < -0.3 is 10.6 Å². The lowest BCUT2D eigenvalue weighted by Crippen LogP contribution is -2.45. The fourth-order valence-corrected chi connectivity index (χ4v) is 2.61. The molecule has 0 radical (unpaired) electrons. The van der Waals surface area contributed by atoms with Crippen LogP contribution in [0.15, 0.2) is 24.3 Å². The van der Waals surface area contributed by atoms with Crippen molar-refractivity contribution in [2.75, 3.05) is 6.54 Å². The highest BCUT2D eigenvalue weighted by Gasteiger charge is 2.33. The summed E-state index contributed by atoms with van der Waals surface area (Å²) in [6, 6.07) is 7.12. The molecule has 0 spiro atoms. The van der Waals surface area contributed by atoms with Crippen molar-refractivity contribution in [1.82, 2.24) is 4.90 Å². The molecule has 2 rings (SSSR count). The summed E-state index contributed by atoms with van der Waals surface area (Å²) in [5, 5.41) is 0. The number of hydrogen-bond acceptors (Lipinski definition) is 2. The van der Waals surface area contributed by atoms with E-state index < -0.39 is 11.9 Å². The van der Waals surface area contributed by atoms with E-state index >= 15 is 0 Å². The first kappa shape index (κ1) is 13.6. The number of nitrogens with two attached hydrogens (primary N) is 1. The molecule has 102 valence electrons. The van der Waals surface area contributed by atoms with Crippen LogP contribution in [0.2, 0.25) is 0 Å². The zero-order valence-corrected chi connectivity index (χ0v) is 11.3. The standard InChI is InChI=1S/C15H20N2O2/c1-2-3-8-13(18)17-10-9-11-6-4-5-7-12(11)14(17)15(16)19/h4-7,14H,2-3,8-10H2,1H3,(H2,16,19). The van der Waals surface area contributed by atoms with E-state index in [1.807, 2.05) is 31.2 Å². The molecule has 4 heteroatoms. The monoisotopic (exact) mass is 260 g/mol. The van der Waals surface area contributed by atoms with Crippen molar-refractivity contribution in [3.8, 4) is 0 Å². The van der Waals surface area contributed by atoms with Gasteiger partial charge in [-0.2, -0.15) is 0 Å². The van der Waals surface area contributed by atoms with Crippen molar-refractivity contribution in [2.24, 2.45) is 5.73 Å². The summed E-state index contributed by atoms with van der Waals surface area (Å²) in [7, 11) is 0. The zero-order valence-electron chi connectivity index (χ0n) is 11.3. The molecule has 1 atom stereocenters. The van der Waals surface area contributed by atoms with Gasteiger partial charge >= 0.3 is 0 Å². The van der Waals surface area contributed by atoms with Crippen molar-refractivity contribution < 1.29 is 9.59 Å². The van der Waals surface area contributed by atoms with Crippen LogP contribution in [0.25, 0.3) is 0 Å². The second-order valence-corrected chi connectivity index (χ2v) is 4.94. The summed E-state index contributed by atoms with van der Waals surface area (Å²) in [5.41, 5.74) is 7.50. The number of carbonyl (C=O) groups excluding carboxylic acids is 2. The van der Waals surface area contributed by atoms with Crippen LogP contribution in [0, 0.1) is 0 Å². The molecule has 1 aliphatic heterocycles. The summed E-state index contributed by atoms with van der Waals surface area (Å²) < 4.78 is 0. The van der Waals surface area contributed by atoms with E-state index in [1.165, 1.54) is 0 Å². The molecule has 0 saturated carbocycles. The minimum Gasteiger partial charge on any atom is -0.368 e.